The first-order valence-corrected chi connectivity index (χ1v) is 7.32. The van der Waals surface area contributed by atoms with E-state index in [0.717, 1.165) is 17.0 Å². The quantitative estimate of drug-likeness (QED) is 0.806. The van der Waals surface area contributed by atoms with Crippen molar-refractivity contribution in [3.63, 3.8) is 0 Å². The second kappa shape index (κ2) is 5.31. The number of rotatable bonds is 3. The average molecular weight is 309 g/mol. The molecule has 6 nitrogen and oxygen atoms in total. The molecule has 0 bridgehead atoms. The molecule has 0 atom stereocenters. The highest BCUT2D eigenvalue weighted by Crippen LogP contribution is 2.32. The van der Waals surface area contributed by atoms with Gasteiger partial charge in [-0.15, -0.1) is 0 Å². The van der Waals surface area contributed by atoms with Crippen molar-refractivity contribution in [2.24, 2.45) is 0 Å². The summed E-state index contributed by atoms with van der Waals surface area (Å²) in [5, 5.41) is 2.92. The maximum atomic E-state index is 12.5. The fourth-order valence-corrected chi connectivity index (χ4v) is 2.64. The molecule has 116 valence electrons. The number of carbonyl (C=O) groups excluding carboxylic acids is 1. The Bertz CT molecular complexity index is 901. The summed E-state index contributed by atoms with van der Waals surface area (Å²) in [4.78, 5) is 16.9. The summed E-state index contributed by atoms with van der Waals surface area (Å²) >= 11 is 0. The van der Waals surface area contributed by atoms with Crippen molar-refractivity contribution >= 4 is 11.6 Å². The Hall–Kier alpha value is -3.02. The number of imidazole rings is 1. The van der Waals surface area contributed by atoms with Crippen LogP contribution in [0.3, 0.4) is 0 Å². The highest BCUT2D eigenvalue weighted by molar-refractivity contribution is 5.99. The van der Waals surface area contributed by atoms with Crippen LogP contribution in [0.5, 0.6) is 11.5 Å². The van der Waals surface area contributed by atoms with Gasteiger partial charge in [0.05, 0.1) is 11.3 Å². The predicted octanol–water partition coefficient (Wildman–Crippen LogP) is 2.30. The van der Waals surface area contributed by atoms with Crippen molar-refractivity contribution in [3.8, 4) is 11.5 Å². The van der Waals surface area contributed by atoms with Crippen molar-refractivity contribution < 1.29 is 14.3 Å². The molecule has 3 heterocycles. The molecule has 0 radical (unpaired) electrons. The van der Waals surface area contributed by atoms with Crippen LogP contribution in [0.4, 0.5) is 0 Å². The van der Waals surface area contributed by atoms with Crippen LogP contribution >= 0.6 is 0 Å². The molecule has 1 amide bonds. The molecule has 23 heavy (non-hydrogen) atoms. The monoisotopic (exact) mass is 309 g/mol. The Morgan fingerprint density at radius 2 is 2.17 bits per heavy atom. The minimum Gasteiger partial charge on any atom is -0.454 e. The van der Waals surface area contributed by atoms with Crippen molar-refractivity contribution in [1.82, 2.24) is 14.7 Å². The number of pyridine rings is 1. The van der Waals surface area contributed by atoms with Crippen molar-refractivity contribution in [3.05, 3.63) is 59.5 Å². The van der Waals surface area contributed by atoms with Gasteiger partial charge in [0.2, 0.25) is 6.79 Å². The molecular formula is C17H15N3O3. The first-order valence-electron chi connectivity index (χ1n) is 7.32. The zero-order valence-corrected chi connectivity index (χ0v) is 12.6. The third kappa shape index (κ3) is 2.48. The van der Waals surface area contributed by atoms with Gasteiger partial charge < -0.3 is 19.2 Å². The number of benzene rings is 1. The first kappa shape index (κ1) is 13.6. The van der Waals surface area contributed by atoms with Gasteiger partial charge in [0, 0.05) is 18.9 Å². The maximum absolute atomic E-state index is 12.5. The molecule has 2 aromatic heterocycles. The average Bonchev–Trinajstić information content (AvgIpc) is 3.16. The molecule has 6 heteroatoms. The second-order valence-electron chi connectivity index (χ2n) is 5.41. The molecular weight excluding hydrogens is 294 g/mol. The molecule has 1 aliphatic rings. The summed E-state index contributed by atoms with van der Waals surface area (Å²) in [6, 6.07) is 9.25. The van der Waals surface area contributed by atoms with Crippen LogP contribution in [0.2, 0.25) is 0 Å². The van der Waals surface area contributed by atoms with E-state index in [0.29, 0.717) is 23.5 Å². The minimum absolute atomic E-state index is 0.154. The SMILES string of the molecule is Cc1cn2cccc(C(=O)NCc3ccc4c(c3)OCO4)c2n1. The zero-order chi connectivity index (χ0) is 15.8. The summed E-state index contributed by atoms with van der Waals surface area (Å²) < 4.78 is 12.5. The lowest BCUT2D eigenvalue weighted by Crippen LogP contribution is -2.23. The summed E-state index contributed by atoms with van der Waals surface area (Å²) in [6.07, 6.45) is 3.77. The molecule has 0 unspecified atom stereocenters. The maximum Gasteiger partial charge on any atom is 0.255 e. The number of ether oxygens (including phenoxy) is 2. The van der Waals surface area contributed by atoms with E-state index in [-0.39, 0.29) is 12.7 Å². The van der Waals surface area contributed by atoms with Gasteiger partial charge >= 0.3 is 0 Å². The predicted molar refractivity (Wildman–Crippen MR) is 83.7 cm³/mol. The van der Waals surface area contributed by atoms with Crippen LogP contribution in [-0.4, -0.2) is 22.1 Å². The van der Waals surface area contributed by atoms with Crippen LogP contribution in [-0.2, 0) is 6.54 Å². The van der Waals surface area contributed by atoms with E-state index in [1.54, 1.807) is 6.07 Å². The Kier molecular flexibility index (Phi) is 3.15. The number of aromatic nitrogens is 2. The molecule has 1 N–H and O–H groups in total. The van der Waals surface area contributed by atoms with Gasteiger partial charge in [-0.1, -0.05) is 6.07 Å². The van der Waals surface area contributed by atoms with Crippen molar-refractivity contribution in [2.75, 3.05) is 6.79 Å². The van der Waals surface area contributed by atoms with Crippen LogP contribution < -0.4 is 14.8 Å². The summed E-state index contributed by atoms with van der Waals surface area (Å²) in [6.45, 7) is 2.56. The Morgan fingerprint density at radius 1 is 1.30 bits per heavy atom. The smallest absolute Gasteiger partial charge is 0.255 e. The van der Waals surface area contributed by atoms with Gasteiger partial charge in [0.1, 0.15) is 5.65 Å². The number of aryl methyl sites for hydroxylation is 1. The molecule has 0 saturated heterocycles. The summed E-state index contributed by atoms with van der Waals surface area (Å²) in [5.74, 6) is 1.29. The Balaban J connectivity index is 1.53. The number of hydrogen-bond donors (Lipinski definition) is 1. The van der Waals surface area contributed by atoms with Gasteiger partial charge in [-0.3, -0.25) is 4.79 Å². The van der Waals surface area contributed by atoms with Crippen LogP contribution in [0.1, 0.15) is 21.6 Å². The summed E-state index contributed by atoms with van der Waals surface area (Å²) in [5.41, 5.74) is 3.05. The molecule has 1 aliphatic heterocycles. The third-order valence-corrected chi connectivity index (χ3v) is 3.74. The van der Waals surface area contributed by atoms with E-state index in [1.807, 2.05) is 48.0 Å². The number of nitrogens with one attached hydrogen (secondary N) is 1. The largest absolute Gasteiger partial charge is 0.454 e. The van der Waals surface area contributed by atoms with Gasteiger partial charge in [0.15, 0.2) is 11.5 Å². The van der Waals surface area contributed by atoms with Crippen molar-refractivity contribution in [2.45, 2.75) is 13.5 Å². The summed E-state index contributed by atoms with van der Waals surface area (Å²) in [7, 11) is 0. The van der Waals surface area contributed by atoms with E-state index in [1.165, 1.54) is 0 Å². The number of amides is 1. The van der Waals surface area contributed by atoms with E-state index >= 15 is 0 Å². The fourth-order valence-electron chi connectivity index (χ4n) is 2.64. The van der Waals surface area contributed by atoms with Crippen LogP contribution in [0, 0.1) is 6.92 Å². The lowest BCUT2D eigenvalue weighted by Gasteiger charge is -2.07. The second-order valence-corrected chi connectivity index (χ2v) is 5.41. The van der Waals surface area contributed by atoms with Crippen LogP contribution in [0.15, 0.2) is 42.7 Å². The van der Waals surface area contributed by atoms with E-state index in [9.17, 15) is 4.79 Å². The molecule has 0 spiro atoms. The number of fused-ring (bicyclic) bond motifs is 2. The van der Waals surface area contributed by atoms with E-state index < -0.39 is 0 Å². The molecule has 4 rings (SSSR count). The standard InChI is InChI=1S/C17H15N3O3/c1-11-9-20-6-2-3-13(16(20)19-11)17(21)18-8-12-4-5-14-15(7-12)23-10-22-14/h2-7,9H,8,10H2,1H3,(H,18,21). The molecule has 0 saturated carbocycles. The number of nitrogens with zero attached hydrogens (tertiary/aromatic N) is 2. The van der Waals surface area contributed by atoms with Gasteiger partial charge in [-0.05, 0) is 36.8 Å². The molecule has 0 aliphatic carbocycles. The van der Waals surface area contributed by atoms with Crippen LogP contribution in [0.25, 0.3) is 5.65 Å². The van der Waals surface area contributed by atoms with Gasteiger partial charge in [0.25, 0.3) is 5.91 Å². The normalized spacial score (nSPS) is 12.6. The Labute approximate surface area is 132 Å². The molecule has 3 aromatic rings. The van der Waals surface area contributed by atoms with Gasteiger partial charge in [-0.25, -0.2) is 4.98 Å². The molecule has 0 fully saturated rings. The van der Waals surface area contributed by atoms with E-state index in [4.69, 9.17) is 9.47 Å². The number of carbonyl (C=O) groups is 1. The fraction of sp³-hybridized carbons (Fsp3) is 0.176. The van der Waals surface area contributed by atoms with E-state index in [2.05, 4.69) is 10.3 Å². The lowest BCUT2D eigenvalue weighted by atomic mass is 10.2. The minimum atomic E-state index is -0.154. The third-order valence-electron chi connectivity index (χ3n) is 3.74. The van der Waals surface area contributed by atoms with Gasteiger partial charge in [-0.2, -0.15) is 0 Å². The highest BCUT2D eigenvalue weighted by Gasteiger charge is 2.15. The topological polar surface area (TPSA) is 64.9 Å². The number of hydrogen-bond acceptors (Lipinski definition) is 4. The Morgan fingerprint density at radius 3 is 3.09 bits per heavy atom. The van der Waals surface area contributed by atoms with Crippen molar-refractivity contribution in [1.29, 1.82) is 0 Å². The highest BCUT2D eigenvalue weighted by atomic mass is 16.7. The molecule has 1 aromatic carbocycles. The first-order chi connectivity index (χ1) is 11.2. The lowest BCUT2D eigenvalue weighted by molar-refractivity contribution is 0.0952. The zero-order valence-electron chi connectivity index (χ0n) is 12.6.